The lowest BCUT2D eigenvalue weighted by Gasteiger charge is -2.49. The van der Waals surface area contributed by atoms with Crippen molar-refractivity contribution in [2.75, 3.05) is 0 Å². The van der Waals surface area contributed by atoms with Crippen LogP contribution in [0.15, 0.2) is 48.5 Å². The Hall–Kier alpha value is -2.20. The van der Waals surface area contributed by atoms with Crippen LogP contribution in [0, 0.1) is 12.7 Å². The van der Waals surface area contributed by atoms with E-state index in [4.69, 9.17) is 0 Å². The molecule has 2 aromatic carbocycles. The number of halogens is 1. The number of benzene rings is 2. The monoisotopic (exact) mass is 366 g/mol. The first-order valence-electron chi connectivity index (χ1n) is 9.97. The molecular weight excluding hydrogens is 339 g/mol. The van der Waals surface area contributed by atoms with E-state index in [-0.39, 0.29) is 17.5 Å². The average Bonchev–Trinajstić information content (AvgIpc) is 2.64. The van der Waals surface area contributed by atoms with Gasteiger partial charge in [0.25, 0.3) is 5.91 Å². The molecular formula is C23H27FN2O. The summed E-state index contributed by atoms with van der Waals surface area (Å²) in [7, 11) is 0. The Morgan fingerprint density at radius 1 is 1.07 bits per heavy atom. The summed E-state index contributed by atoms with van der Waals surface area (Å²) in [4.78, 5) is 15.1. The molecule has 2 atom stereocenters. The second-order valence-corrected chi connectivity index (χ2v) is 8.02. The van der Waals surface area contributed by atoms with Gasteiger partial charge in [-0.3, -0.25) is 9.69 Å². The summed E-state index contributed by atoms with van der Waals surface area (Å²) in [5.41, 5.74) is 2.78. The molecule has 2 unspecified atom stereocenters. The van der Waals surface area contributed by atoms with Crippen molar-refractivity contribution in [2.24, 2.45) is 0 Å². The van der Waals surface area contributed by atoms with Gasteiger partial charge >= 0.3 is 0 Å². The maximum Gasteiger partial charge on any atom is 0.254 e. The molecule has 0 radical (unpaired) electrons. The molecule has 27 heavy (non-hydrogen) atoms. The first-order valence-corrected chi connectivity index (χ1v) is 9.97. The van der Waals surface area contributed by atoms with Crippen LogP contribution < -0.4 is 5.32 Å². The van der Waals surface area contributed by atoms with E-state index in [0.717, 1.165) is 19.4 Å². The minimum absolute atomic E-state index is 0.127. The predicted octanol–water partition coefficient (Wildman–Crippen LogP) is 4.45. The zero-order valence-electron chi connectivity index (χ0n) is 15.8. The van der Waals surface area contributed by atoms with Gasteiger partial charge < -0.3 is 5.32 Å². The number of carbonyl (C=O) groups excluding carboxylic acids is 1. The molecule has 4 rings (SSSR count). The molecule has 2 saturated heterocycles. The Kier molecular flexibility index (Phi) is 5.26. The SMILES string of the molecule is Cc1ccc(CN2C3CCCC2CC(NC(=O)c2ccccc2F)C3)cc1. The van der Waals surface area contributed by atoms with Gasteiger partial charge in [-0.2, -0.15) is 0 Å². The minimum atomic E-state index is -0.452. The number of piperidine rings is 2. The molecule has 0 aliphatic carbocycles. The van der Waals surface area contributed by atoms with Crippen LogP contribution in [-0.4, -0.2) is 28.9 Å². The highest BCUT2D eigenvalue weighted by atomic mass is 19.1. The molecule has 142 valence electrons. The van der Waals surface area contributed by atoms with Gasteiger partial charge in [-0.25, -0.2) is 4.39 Å². The van der Waals surface area contributed by atoms with Crippen molar-refractivity contribution in [1.82, 2.24) is 10.2 Å². The van der Waals surface area contributed by atoms with Crippen molar-refractivity contribution in [3.63, 3.8) is 0 Å². The number of rotatable bonds is 4. The standard InChI is InChI=1S/C23H27FN2O/c1-16-9-11-17(12-10-16)15-26-19-5-4-6-20(26)14-18(13-19)25-23(27)21-7-2-3-8-22(21)24/h2-3,7-12,18-20H,4-6,13-15H2,1H3,(H,25,27). The number of hydrogen-bond donors (Lipinski definition) is 1. The van der Waals surface area contributed by atoms with E-state index in [1.807, 2.05) is 0 Å². The molecule has 0 spiro atoms. The summed E-state index contributed by atoms with van der Waals surface area (Å²) < 4.78 is 13.9. The number of hydrogen-bond acceptors (Lipinski definition) is 2. The quantitative estimate of drug-likeness (QED) is 0.867. The smallest absolute Gasteiger partial charge is 0.254 e. The molecule has 2 aromatic rings. The van der Waals surface area contributed by atoms with Gasteiger partial charge in [0, 0.05) is 24.7 Å². The molecule has 2 bridgehead atoms. The van der Waals surface area contributed by atoms with E-state index in [9.17, 15) is 9.18 Å². The number of carbonyl (C=O) groups is 1. The summed E-state index contributed by atoms with van der Waals surface area (Å²) in [5.74, 6) is -0.741. The van der Waals surface area contributed by atoms with E-state index in [1.54, 1.807) is 18.2 Å². The third kappa shape index (κ3) is 4.06. The Balaban J connectivity index is 1.42. The molecule has 0 aromatic heterocycles. The first kappa shape index (κ1) is 18.2. The van der Waals surface area contributed by atoms with Crippen molar-refractivity contribution in [1.29, 1.82) is 0 Å². The maximum atomic E-state index is 13.9. The third-order valence-corrected chi connectivity index (χ3v) is 6.07. The molecule has 3 nitrogen and oxygen atoms in total. The zero-order chi connectivity index (χ0) is 18.8. The van der Waals surface area contributed by atoms with Gasteiger partial charge in [-0.15, -0.1) is 0 Å². The van der Waals surface area contributed by atoms with E-state index in [0.29, 0.717) is 12.1 Å². The van der Waals surface area contributed by atoms with Crippen LogP contribution in [0.3, 0.4) is 0 Å². The van der Waals surface area contributed by atoms with Crippen molar-refractivity contribution in [3.8, 4) is 0 Å². The van der Waals surface area contributed by atoms with Gasteiger partial charge in [0.05, 0.1) is 5.56 Å². The highest BCUT2D eigenvalue weighted by molar-refractivity contribution is 5.94. The van der Waals surface area contributed by atoms with Crippen LogP contribution in [0.25, 0.3) is 0 Å². The lowest BCUT2D eigenvalue weighted by Crippen LogP contribution is -2.56. The summed E-state index contributed by atoms with van der Waals surface area (Å²) in [6, 6.07) is 16.1. The normalized spacial score (nSPS) is 25.2. The second-order valence-electron chi connectivity index (χ2n) is 8.02. The number of aryl methyl sites for hydroxylation is 1. The van der Waals surface area contributed by atoms with Crippen molar-refractivity contribution in [3.05, 3.63) is 71.0 Å². The minimum Gasteiger partial charge on any atom is -0.349 e. The fourth-order valence-electron chi connectivity index (χ4n) is 4.67. The molecule has 1 N–H and O–H groups in total. The second kappa shape index (κ2) is 7.81. The van der Waals surface area contributed by atoms with E-state index in [2.05, 4.69) is 41.4 Å². The average molecular weight is 366 g/mol. The van der Waals surface area contributed by atoms with Gasteiger partial charge in [0.2, 0.25) is 0 Å². The fraction of sp³-hybridized carbons (Fsp3) is 0.435. The summed E-state index contributed by atoms with van der Waals surface area (Å²) in [5, 5.41) is 3.09. The summed E-state index contributed by atoms with van der Waals surface area (Å²) >= 11 is 0. The van der Waals surface area contributed by atoms with Gasteiger partial charge in [0.1, 0.15) is 5.82 Å². The van der Waals surface area contributed by atoms with E-state index in [1.165, 1.54) is 36.5 Å². The summed E-state index contributed by atoms with van der Waals surface area (Å²) in [6.45, 7) is 3.09. The maximum absolute atomic E-state index is 13.9. The van der Waals surface area contributed by atoms with Crippen LogP contribution in [0.5, 0.6) is 0 Å². The molecule has 2 fully saturated rings. The Morgan fingerprint density at radius 3 is 2.41 bits per heavy atom. The number of nitrogens with one attached hydrogen (secondary N) is 1. The van der Waals surface area contributed by atoms with Crippen LogP contribution in [0.4, 0.5) is 4.39 Å². The number of fused-ring (bicyclic) bond motifs is 2. The number of amides is 1. The van der Waals surface area contributed by atoms with Crippen LogP contribution in [-0.2, 0) is 6.54 Å². The lowest BCUT2D eigenvalue weighted by atomic mass is 9.81. The summed E-state index contributed by atoms with van der Waals surface area (Å²) in [6.07, 6.45) is 5.50. The van der Waals surface area contributed by atoms with Crippen LogP contribution in [0.1, 0.15) is 53.6 Å². The predicted molar refractivity (Wildman–Crippen MR) is 105 cm³/mol. The molecule has 1 amide bonds. The van der Waals surface area contributed by atoms with Gasteiger partial charge in [-0.05, 0) is 50.3 Å². The lowest BCUT2D eigenvalue weighted by molar-refractivity contribution is 0.0176. The van der Waals surface area contributed by atoms with Crippen LogP contribution >= 0.6 is 0 Å². The van der Waals surface area contributed by atoms with Crippen molar-refractivity contribution >= 4 is 5.91 Å². The molecule has 4 heteroatoms. The Bertz CT molecular complexity index is 790. The van der Waals surface area contributed by atoms with Crippen LogP contribution in [0.2, 0.25) is 0 Å². The Morgan fingerprint density at radius 2 is 1.74 bits per heavy atom. The molecule has 2 aliphatic heterocycles. The van der Waals surface area contributed by atoms with Crippen molar-refractivity contribution in [2.45, 2.75) is 63.7 Å². The molecule has 2 heterocycles. The molecule has 2 aliphatic rings. The van der Waals surface area contributed by atoms with Gasteiger partial charge in [-0.1, -0.05) is 48.4 Å². The van der Waals surface area contributed by atoms with E-state index < -0.39 is 5.82 Å². The third-order valence-electron chi connectivity index (χ3n) is 6.07. The highest BCUT2D eigenvalue weighted by Gasteiger charge is 2.38. The zero-order valence-corrected chi connectivity index (χ0v) is 15.8. The molecule has 0 saturated carbocycles. The Labute approximate surface area is 160 Å². The van der Waals surface area contributed by atoms with Crippen molar-refractivity contribution < 1.29 is 9.18 Å². The number of nitrogens with zero attached hydrogens (tertiary/aromatic N) is 1. The fourth-order valence-corrected chi connectivity index (χ4v) is 4.67. The largest absolute Gasteiger partial charge is 0.349 e. The van der Waals surface area contributed by atoms with E-state index >= 15 is 0 Å². The van der Waals surface area contributed by atoms with Gasteiger partial charge in [0.15, 0.2) is 0 Å². The highest BCUT2D eigenvalue weighted by Crippen LogP contribution is 2.35. The topological polar surface area (TPSA) is 32.3 Å². The first-order chi connectivity index (χ1) is 13.1.